The van der Waals surface area contributed by atoms with E-state index in [1.165, 1.54) is 104 Å². The fourth-order valence-corrected chi connectivity index (χ4v) is 10.2. The van der Waals surface area contributed by atoms with Gasteiger partial charge >= 0.3 is 0 Å². The SMILES string of the molecule is CC1(C)c2ccc(-c3c4ccccc4c(C4=CC=C5C=C(c6ccccc6)C=CC5C4)c4ccccc34)cc2-c2cc3c(ccc4c5ccccc5oc34)cc21. The highest BCUT2D eigenvalue weighted by Crippen LogP contribution is 2.53. The molecule has 0 saturated heterocycles. The molecule has 1 aromatic heterocycles. The molecule has 1 heterocycles. The van der Waals surface area contributed by atoms with E-state index in [2.05, 4.69) is 190 Å². The Kier molecular flexibility index (Phi) is 6.58. The van der Waals surface area contributed by atoms with Gasteiger partial charge in [0, 0.05) is 27.5 Å². The molecule has 0 N–H and O–H groups in total. The summed E-state index contributed by atoms with van der Waals surface area (Å²) < 4.78 is 6.55. The number of para-hydroxylation sites is 1. The van der Waals surface area contributed by atoms with Crippen LogP contribution in [0.5, 0.6) is 0 Å². The van der Waals surface area contributed by atoms with Gasteiger partial charge in [0.05, 0.1) is 0 Å². The quantitative estimate of drug-likeness (QED) is 0.166. The van der Waals surface area contributed by atoms with Gasteiger partial charge in [-0.05, 0) is 125 Å². The van der Waals surface area contributed by atoms with Crippen LogP contribution in [-0.4, -0.2) is 0 Å². The lowest BCUT2D eigenvalue weighted by atomic mass is 9.77. The third-order valence-corrected chi connectivity index (χ3v) is 13.0. The Morgan fingerprint density at radius 3 is 1.98 bits per heavy atom. The molecule has 0 radical (unpaired) electrons. The highest BCUT2D eigenvalue weighted by atomic mass is 16.3. The van der Waals surface area contributed by atoms with E-state index in [0.29, 0.717) is 5.92 Å². The minimum absolute atomic E-state index is 0.126. The van der Waals surface area contributed by atoms with Gasteiger partial charge in [-0.25, -0.2) is 0 Å². The van der Waals surface area contributed by atoms with Crippen molar-refractivity contribution in [2.24, 2.45) is 5.92 Å². The molecule has 0 spiro atoms. The first-order valence-corrected chi connectivity index (χ1v) is 19.8. The number of allylic oxidation sites excluding steroid dienone is 8. The lowest BCUT2D eigenvalue weighted by Gasteiger charge is -2.27. The van der Waals surface area contributed by atoms with Crippen molar-refractivity contribution in [1.29, 1.82) is 0 Å². The molecule has 56 heavy (non-hydrogen) atoms. The topological polar surface area (TPSA) is 13.1 Å². The van der Waals surface area contributed by atoms with Crippen LogP contribution in [-0.2, 0) is 5.41 Å². The molecule has 0 aliphatic heterocycles. The number of rotatable bonds is 3. The molecule has 0 amide bonds. The van der Waals surface area contributed by atoms with Gasteiger partial charge in [0.2, 0.25) is 0 Å². The van der Waals surface area contributed by atoms with Crippen LogP contribution in [0.1, 0.15) is 42.5 Å². The number of hydrogen-bond acceptors (Lipinski definition) is 1. The van der Waals surface area contributed by atoms with Crippen molar-refractivity contribution in [2.75, 3.05) is 0 Å². The van der Waals surface area contributed by atoms with Crippen LogP contribution >= 0.6 is 0 Å². The number of fused-ring (bicyclic) bond motifs is 11. The number of benzene rings is 8. The van der Waals surface area contributed by atoms with E-state index < -0.39 is 0 Å². The molecule has 1 nitrogen and oxygen atoms in total. The van der Waals surface area contributed by atoms with Gasteiger partial charge in [-0.1, -0.05) is 159 Å². The molecule has 8 aromatic carbocycles. The Morgan fingerprint density at radius 1 is 0.536 bits per heavy atom. The molecule has 1 atom stereocenters. The molecule has 0 fully saturated rings. The maximum atomic E-state index is 6.55. The normalized spacial score (nSPS) is 16.9. The summed E-state index contributed by atoms with van der Waals surface area (Å²) in [6, 6.07) is 53.8. The van der Waals surface area contributed by atoms with Crippen molar-refractivity contribution >= 4 is 65.4 Å². The Labute approximate surface area is 326 Å². The van der Waals surface area contributed by atoms with Gasteiger partial charge in [-0.2, -0.15) is 0 Å². The average Bonchev–Trinajstić information content (AvgIpc) is 3.73. The van der Waals surface area contributed by atoms with Crippen molar-refractivity contribution in [3.05, 3.63) is 204 Å². The smallest absolute Gasteiger partial charge is 0.143 e. The van der Waals surface area contributed by atoms with Gasteiger partial charge in [-0.3, -0.25) is 0 Å². The van der Waals surface area contributed by atoms with E-state index >= 15 is 0 Å². The largest absolute Gasteiger partial charge is 0.455 e. The zero-order chi connectivity index (χ0) is 37.1. The minimum atomic E-state index is -0.126. The molecule has 3 aliphatic rings. The Morgan fingerprint density at radius 2 is 1.21 bits per heavy atom. The van der Waals surface area contributed by atoms with Gasteiger partial charge in [0.25, 0.3) is 0 Å². The maximum absolute atomic E-state index is 6.55. The van der Waals surface area contributed by atoms with E-state index in [1.807, 2.05) is 0 Å². The first-order chi connectivity index (χ1) is 27.5. The van der Waals surface area contributed by atoms with Crippen molar-refractivity contribution in [2.45, 2.75) is 25.7 Å². The molecule has 1 heteroatoms. The summed E-state index contributed by atoms with van der Waals surface area (Å²) in [5.41, 5.74) is 16.4. The van der Waals surface area contributed by atoms with Crippen molar-refractivity contribution in [3.63, 3.8) is 0 Å². The highest BCUT2D eigenvalue weighted by molar-refractivity contribution is 6.20. The van der Waals surface area contributed by atoms with E-state index in [-0.39, 0.29) is 5.41 Å². The summed E-state index contributed by atoms with van der Waals surface area (Å²) in [6.07, 6.45) is 12.8. The van der Waals surface area contributed by atoms with Gasteiger partial charge in [0.15, 0.2) is 0 Å². The molecule has 1 unspecified atom stereocenters. The zero-order valence-electron chi connectivity index (χ0n) is 31.4. The summed E-state index contributed by atoms with van der Waals surface area (Å²) in [4.78, 5) is 0. The highest BCUT2D eigenvalue weighted by Gasteiger charge is 2.36. The summed E-state index contributed by atoms with van der Waals surface area (Å²) in [5, 5.41) is 9.94. The molecule has 9 aromatic rings. The molecule has 3 aliphatic carbocycles. The summed E-state index contributed by atoms with van der Waals surface area (Å²) in [6.45, 7) is 4.75. The molecular formula is C55H38O. The van der Waals surface area contributed by atoms with Crippen molar-refractivity contribution in [3.8, 4) is 22.3 Å². The van der Waals surface area contributed by atoms with E-state index in [0.717, 1.165) is 17.6 Å². The summed E-state index contributed by atoms with van der Waals surface area (Å²) >= 11 is 0. The summed E-state index contributed by atoms with van der Waals surface area (Å²) in [7, 11) is 0. The Hall–Kier alpha value is -6.70. The lowest BCUT2D eigenvalue weighted by molar-refractivity contribution is 0.661. The van der Waals surface area contributed by atoms with Gasteiger partial charge < -0.3 is 4.42 Å². The Balaban J connectivity index is 1.04. The predicted octanol–water partition coefficient (Wildman–Crippen LogP) is 15.0. The van der Waals surface area contributed by atoms with Crippen LogP contribution < -0.4 is 0 Å². The van der Waals surface area contributed by atoms with Crippen LogP contribution in [0.25, 0.3) is 87.7 Å². The Bertz CT molecular complexity index is 3230. The van der Waals surface area contributed by atoms with Crippen molar-refractivity contribution < 1.29 is 4.42 Å². The van der Waals surface area contributed by atoms with E-state index in [4.69, 9.17) is 4.42 Å². The number of furan rings is 1. The second kappa shape index (κ2) is 11.7. The monoisotopic (exact) mass is 714 g/mol. The second-order valence-electron chi connectivity index (χ2n) is 16.4. The molecule has 12 rings (SSSR count). The molecular weight excluding hydrogens is 677 g/mol. The lowest BCUT2D eigenvalue weighted by Crippen LogP contribution is -2.14. The molecule has 0 bridgehead atoms. The van der Waals surface area contributed by atoms with E-state index in [1.54, 1.807) is 0 Å². The summed E-state index contributed by atoms with van der Waals surface area (Å²) in [5.74, 6) is 0.358. The third-order valence-electron chi connectivity index (χ3n) is 13.0. The maximum Gasteiger partial charge on any atom is 0.143 e. The fraction of sp³-hybridized carbons (Fsp3) is 0.0909. The zero-order valence-corrected chi connectivity index (χ0v) is 31.4. The average molecular weight is 715 g/mol. The van der Waals surface area contributed by atoms with E-state index in [9.17, 15) is 0 Å². The first-order valence-electron chi connectivity index (χ1n) is 19.8. The molecule has 264 valence electrons. The van der Waals surface area contributed by atoms with Crippen LogP contribution in [0.4, 0.5) is 0 Å². The third kappa shape index (κ3) is 4.49. The minimum Gasteiger partial charge on any atom is -0.455 e. The van der Waals surface area contributed by atoms with Crippen LogP contribution in [0.15, 0.2) is 186 Å². The predicted molar refractivity (Wildman–Crippen MR) is 237 cm³/mol. The van der Waals surface area contributed by atoms with Crippen LogP contribution in [0.2, 0.25) is 0 Å². The standard InChI is InChI=1S/C55H38O/c1-55(2)49-27-25-39(30-47(49)48-32-46-37(31-50(48)55)24-26-45-40-14-10-11-19-51(40)56-54(45)46)53-43-17-8-6-15-41(43)52(42-16-7-9-18-44(42)53)38-23-22-35-28-34(20-21-36(35)29-38)33-12-4-3-5-13-33/h3-28,30-32,36H,29H2,1-2H3. The fourth-order valence-electron chi connectivity index (χ4n) is 10.2. The number of hydrogen-bond donors (Lipinski definition) is 0. The first kappa shape index (κ1) is 31.6. The van der Waals surface area contributed by atoms with Gasteiger partial charge in [0.1, 0.15) is 11.2 Å². The van der Waals surface area contributed by atoms with Crippen LogP contribution in [0, 0.1) is 5.92 Å². The molecule has 0 saturated carbocycles. The van der Waals surface area contributed by atoms with Crippen LogP contribution in [0.3, 0.4) is 0 Å². The van der Waals surface area contributed by atoms with Crippen molar-refractivity contribution in [1.82, 2.24) is 0 Å². The van der Waals surface area contributed by atoms with Gasteiger partial charge in [-0.15, -0.1) is 0 Å². The second-order valence-corrected chi connectivity index (χ2v) is 16.4.